The van der Waals surface area contributed by atoms with E-state index >= 15 is 0 Å². The maximum atomic E-state index is 12.7. The summed E-state index contributed by atoms with van der Waals surface area (Å²) in [6.45, 7) is 5.41. The Balaban J connectivity index is 1.37. The number of ether oxygens (including phenoxy) is 1. The number of rotatable bonds is 4. The highest BCUT2D eigenvalue weighted by Gasteiger charge is 2.28. The predicted octanol–water partition coefficient (Wildman–Crippen LogP) is 3.07. The number of piperidine rings is 1. The molecule has 4 rings (SSSR count). The van der Waals surface area contributed by atoms with E-state index in [1.54, 1.807) is 6.33 Å². The highest BCUT2D eigenvalue weighted by atomic mass is 16.5. The molecule has 0 N–H and O–H groups in total. The summed E-state index contributed by atoms with van der Waals surface area (Å²) < 4.78 is 6.07. The van der Waals surface area contributed by atoms with Crippen molar-refractivity contribution >= 4 is 11.7 Å². The number of hydrogen-bond acceptors (Lipinski definition) is 5. The Bertz CT molecular complexity index is 787. The summed E-state index contributed by atoms with van der Waals surface area (Å²) in [5, 5.41) is 0. The van der Waals surface area contributed by atoms with Crippen LogP contribution in [-0.2, 0) is 0 Å². The van der Waals surface area contributed by atoms with E-state index in [9.17, 15) is 4.79 Å². The second-order valence-electron chi connectivity index (χ2n) is 7.41. The second-order valence-corrected chi connectivity index (χ2v) is 7.41. The lowest BCUT2D eigenvalue weighted by atomic mass is 10.1. The summed E-state index contributed by atoms with van der Waals surface area (Å²) in [4.78, 5) is 25.5. The van der Waals surface area contributed by atoms with Gasteiger partial charge < -0.3 is 14.5 Å². The highest BCUT2D eigenvalue weighted by Crippen LogP contribution is 2.23. The van der Waals surface area contributed by atoms with Gasteiger partial charge in [-0.15, -0.1) is 0 Å². The minimum absolute atomic E-state index is 0.0245. The number of carbonyl (C=O) groups is 1. The summed E-state index contributed by atoms with van der Waals surface area (Å²) in [6.07, 6.45) is 6.07. The van der Waals surface area contributed by atoms with Crippen molar-refractivity contribution in [2.75, 3.05) is 31.1 Å². The molecule has 0 spiro atoms. The molecule has 0 aliphatic carbocycles. The normalized spacial score (nSPS) is 20.0. The molecule has 0 radical (unpaired) electrons. The zero-order valence-corrected chi connectivity index (χ0v) is 15.8. The molecular formula is C21H26N4O2. The van der Waals surface area contributed by atoms with Gasteiger partial charge in [0.25, 0.3) is 5.91 Å². The van der Waals surface area contributed by atoms with Crippen LogP contribution in [-0.4, -0.2) is 53.1 Å². The van der Waals surface area contributed by atoms with E-state index in [1.807, 2.05) is 42.2 Å². The maximum Gasteiger partial charge on any atom is 0.253 e. The minimum atomic E-state index is -0.0245. The van der Waals surface area contributed by atoms with Gasteiger partial charge in [0.15, 0.2) is 0 Å². The van der Waals surface area contributed by atoms with E-state index in [2.05, 4.69) is 14.9 Å². The molecule has 27 heavy (non-hydrogen) atoms. The van der Waals surface area contributed by atoms with Crippen LogP contribution in [0.5, 0.6) is 5.88 Å². The minimum Gasteiger partial charge on any atom is -0.472 e. The number of aryl methyl sites for hydroxylation is 1. The molecule has 0 saturated carbocycles. The fourth-order valence-corrected chi connectivity index (χ4v) is 3.75. The number of hydrogen-bond donors (Lipinski definition) is 0. The van der Waals surface area contributed by atoms with Crippen LogP contribution in [0, 0.1) is 6.92 Å². The molecule has 2 aromatic rings. The van der Waals surface area contributed by atoms with E-state index < -0.39 is 0 Å². The first-order valence-corrected chi connectivity index (χ1v) is 9.78. The van der Waals surface area contributed by atoms with Gasteiger partial charge in [-0.05, 0) is 38.3 Å². The SMILES string of the molecule is Cc1ccc(C(=O)N2CCC(Oc3cc(N4CCCCC4)ncn3)C2)cc1. The van der Waals surface area contributed by atoms with E-state index in [0.717, 1.165) is 36.5 Å². The third kappa shape index (κ3) is 4.21. The quantitative estimate of drug-likeness (QED) is 0.832. The maximum absolute atomic E-state index is 12.7. The molecule has 2 aliphatic rings. The van der Waals surface area contributed by atoms with Crippen molar-refractivity contribution in [2.45, 2.75) is 38.7 Å². The van der Waals surface area contributed by atoms with Crippen LogP contribution in [0.15, 0.2) is 36.7 Å². The topological polar surface area (TPSA) is 58.6 Å². The number of aromatic nitrogens is 2. The Kier molecular flexibility index (Phi) is 5.23. The fourth-order valence-electron chi connectivity index (χ4n) is 3.75. The first-order chi connectivity index (χ1) is 13.2. The summed E-state index contributed by atoms with van der Waals surface area (Å²) in [5.41, 5.74) is 1.89. The molecule has 2 aliphatic heterocycles. The Morgan fingerprint density at radius 2 is 1.85 bits per heavy atom. The third-order valence-corrected chi connectivity index (χ3v) is 5.33. The van der Waals surface area contributed by atoms with Crippen molar-refractivity contribution in [3.8, 4) is 5.88 Å². The number of benzene rings is 1. The first-order valence-electron chi connectivity index (χ1n) is 9.78. The smallest absolute Gasteiger partial charge is 0.253 e. The predicted molar refractivity (Wildman–Crippen MR) is 104 cm³/mol. The van der Waals surface area contributed by atoms with Crippen LogP contribution >= 0.6 is 0 Å². The van der Waals surface area contributed by atoms with Crippen molar-refractivity contribution in [1.29, 1.82) is 0 Å². The molecule has 142 valence electrons. The number of carbonyl (C=O) groups excluding carboxylic acids is 1. The lowest BCUT2D eigenvalue weighted by molar-refractivity contribution is 0.0771. The number of nitrogens with zero attached hydrogens (tertiary/aromatic N) is 4. The molecule has 1 amide bonds. The molecule has 2 saturated heterocycles. The Hall–Kier alpha value is -2.63. The van der Waals surface area contributed by atoms with Crippen LogP contribution in [0.4, 0.5) is 5.82 Å². The van der Waals surface area contributed by atoms with Gasteiger partial charge in [0, 0.05) is 37.7 Å². The molecule has 1 unspecified atom stereocenters. The molecule has 1 atom stereocenters. The average Bonchev–Trinajstić information content (AvgIpc) is 3.17. The van der Waals surface area contributed by atoms with Crippen molar-refractivity contribution in [3.63, 3.8) is 0 Å². The van der Waals surface area contributed by atoms with Crippen molar-refractivity contribution < 1.29 is 9.53 Å². The van der Waals surface area contributed by atoms with Gasteiger partial charge in [0.05, 0.1) is 6.54 Å². The van der Waals surface area contributed by atoms with Crippen molar-refractivity contribution in [3.05, 3.63) is 47.8 Å². The van der Waals surface area contributed by atoms with Crippen molar-refractivity contribution in [2.24, 2.45) is 0 Å². The molecule has 6 nitrogen and oxygen atoms in total. The standard InChI is InChI=1S/C21H26N4O2/c1-16-5-7-17(8-6-16)21(26)25-12-9-18(14-25)27-20-13-19(22-15-23-20)24-10-3-2-4-11-24/h5-8,13,15,18H,2-4,9-12,14H2,1H3. The van der Waals surface area contributed by atoms with Gasteiger partial charge in [-0.3, -0.25) is 4.79 Å². The Morgan fingerprint density at radius 1 is 1.07 bits per heavy atom. The van der Waals surface area contributed by atoms with Gasteiger partial charge in [-0.25, -0.2) is 9.97 Å². The molecule has 0 bridgehead atoms. The summed E-state index contributed by atoms with van der Waals surface area (Å²) in [7, 11) is 0. The summed E-state index contributed by atoms with van der Waals surface area (Å²) >= 11 is 0. The van der Waals surface area contributed by atoms with Crippen LogP contribution in [0.3, 0.4) is 0 Å². The third-order valence-electron chi connectivity index (χ3n) is 5.33. The Labute approximate surface area is 160 Å². The molecule has 3 heterocycles. The van der Waals surface area contributed by atoms with Gasteiger partial charge in [0.2, 0.25) is 5.88 Å². The fraction of sp³-hybridized carbons (Fsp3) is 0.476. The van der Waals surface area contributed by atoms with Gasteiger partial charge in [-0.1, -0.05) is 17.7 Å². The zero-order valence-electron chi connectivity index (χ0n) is 15.8. The zero-order chi connectivity index (χ0) is 18.6. The average molecular weight is 366 g/mol. The number of amides is 1. The van der Waals surface area contributed by atoms with Crippen LogP contribution in [0.1, 0.15) is 41.6 Å². The molecular weight excluding hydrogens is 340 g/mol. The van der Waals surface area contributed by atoms with Crippen LogP contribution in [0.25, 0.3) is 0 Å². The van der Waals surface area contributed by atoms with E-state index in [-0.39, 0.29) is 12.0 Å². The van der Waals surface area contributed by atoms with Gasteiger partial charge in [0.1, 0.15) is 18.2 Å². The largest absolute Gasteiger partial charge is 0.472 e. The summed E-state index contributed by atoms with van der Waals surface area (Å²) in [5.74, 6) is 1.60. The highest BCUT2D eigenvalue weighted by molar-refractivity contribution is 5.94. The molecule has 2 fully saturated rings. The van der Waals surface area contributed by atoms with Crippen LogP contribution < -0.4 is 9.64 Å². The first kappa shape index (κ1) is 17.8. The molecule has 6 heteroatoms. The van der Waals surface area contributed by atoms with E-state index in [1.165, 1.54) is 19.3 Å². The lowest BCUT2D eigenvalue weighted by Crippen LogP contribution is -2.31. The van der Waals surface area contributed by atoms with Crippen LogP contribution in [0.2, 0.25) is 0 Å². The molecule has 1 aromatic carbocycles. The summed E-state index contributed by atoms with van der Waals surface area (Å²) in [6, 6.07) is 9.65. The van der Waals surface area contributed by atoms with E-state index in [4.69, 9.17) is 4.74 Å². The Morgan fingerprint density at radius 3 is 2.63 bits per heavy atom. The second kappa shape index (κ2) is 7.94. The van der Waals surface area contributed by atoms with Crippen molar-refractivity contribution in [1.82, 2.24) is 14.9 Å². The monoisotopic (exact) mass is 366 g/mol. The van der Waals surface area contributed by atoms with E-state index in [0.29, 0.717) is 19.0 Å². The number of likely N-dealkylation sites (tertiary alicyclic amines) is 1. The molecule has 1 aromatic heterocycles. The van der Waals surface area contributed by atoms with Gasteiger partial charge in [-0.2, -0.15) is 0 Å². The lowest BCUT2D eigenvalue weighted by Gasteiger charge is -2.27. The number of anilines is 1. The van der Waals surface area contributed by atoms with Gasteiger partial charge >= 0.3 is 0 Å².